The summed E-state index contributed by atoms with van der Waals surface area (Å²) in [4.78, 5) is 35.5. The Bertz CT molecular complexity index is 674. The van der Waals surface area contributed by atoms with Crippen LogP contribution in [-0.2, 0) is 14.3 Å². The Kier molecular flexibility index (Phi) is 4.74. The topological polar surface area (TPSA) is 72.5 Å². The third-order valence-corrected chi connectivity index (χ3v) is 5.00. The van der Waals surface area contributed by atoms with E-state index in [4.69, 9.17) is 27.9 Å². The van der Waals surface area contributed by atoms with E-state index in [0.29, 0.717) is 11.3 Å². The third-order valence-electron chi connectivity index (χ3n) is 3.90. The van der Waals surface area contributed by atoms with E-state index >= 15 is 0 Å². The van der Waals surface area contributed by atoms with Crippen LogP contribution in [-0.4, -0.2) is 28.1 Å². The maximum atomic E-state index is 12.1. The van der Waals surface area contributed by atoms with Crippen molar-refractivity contribution in [2.45, 2.75) is 37.6 Å². The highest BCUT2D eigenvalue weighted by Gasteiger charge is 2.69. The molecular formula is C16H17Cl2NO4. The normalized spacial score (nSPS) is 22.8. The first-order valence-electron chi connectivity index (χ1n) is 7.07. The van der Waals surface area contributed by atoms with Crippen LogP contribution < -0.4 is 5.32 Å². The summed E-state index contributed by atoms with van der Waals surface area (Å²) < 4.78 is 4.00. The van der Waals surface area contributed by atoms with E-state index in [-0.39, 0.29) is 12.2 Å². The highest BCUT2D eigenvalue weighted by molar-refractivity contribution is 6.53. The number of hydrogen-bond donors (Lipinski definition) is 1. The van der Waals surface area contributed by atoms with Gasteiger partial charge in [-0.05, 0) is 32.9 Å². The smallest absolute Gasteiger partial charge is 0.315 e. The van der Waals surface area contributed by atoms with Gasteiger partial charge in [0, 0.05) is 17.7 Å². The van der Waals surface area contributed by atoms with E-state index in [1.807, 2.05) is 0 Å². The maximum absolute atomic E-state index is 12.1. The number of alkyl halides is 2. The lowest BCUT2D eigenvalue weighted by molar-refractivity contribution is -0.158. The quantitative estimate of drug-likeness (QED) is 0.498. The van der Waals surface area contributed by atoms with Crippen molar-refractivity contribution in [3.8, 4) is 0 Å². The van der Waals surface area contributed by atoms with Crippen LogP contribution in [0.1, 0.15) is 37.6 Å². The molecule has 0 saturated heterocycles. The average Bonchev–Trinajstić information content (AvgIpc) is 2.99. The van der Waals surface area contributed by atoms with E-state index in [0.717, 1.165) is 0 Å². The van der Waals surface area contributed by atoms with Crippen molar-refractivity contribution in [2.75, 3.05) is 5.32 Å². The fourth-order valence-corrected chi connectivity index (χ4v) is 2.71. The number of anilines is 1. The number of amides is 1. The van der Waals surface area contributed by atoms with Gasteiger partial charge in [0.15, 0.2) is 11.9 Å². The molecule has 124 valence electrons. The van der Waals surface area contributed by atoms with Gasteiger partial charge in [0.2, 0.25) is 0 Å². The molecule has 0 heterocycles. The molecule has 0 bridgehead atoms. The van der Waals surface area contributed by atoms with E-state index in [9.17, 15) is 14.4 Å². The molecule has 2 rings (SSSR count). The Morgan fingerprint density at radius 2 is 1.91 bits per heavy atom. The molecular weight excluding hydrogens is 341 g/mol. The first-order valence-corrected chi connectivity index (χ1v) is 7.83. The fraction of sp³-hybridized carbons (Fsp3) is 0.438. The minimum Gasteiger partial charge on any atom is -0.452 e. The number of benzene rings is 1. The second-order valence-electron chi connectivity index (χ2n) is 5.89. The Morgan fingerprint density at radius 1 is 1.30 bits per heavy atom. The Hall–Kier alpha value is -1.59. The molecule has 23 heavy (non-hydrogen) atoms. The summed E-state index contributed by atoms with van der Waals surface area (Å²) in [5.74, 6) is -1.22. The highest BCUT2D eigenvalue weighted by atomic mass is 35.5. The predicted octanol–water partition coefficient (Wildman–Crippen LogP) is 3.34. The Labute approximate surface area is 144 Å². The summed E-state index contributed by atoms with van der Waals surface area (Å²) >= 11 is 11.8. The van der Waals surface area contributed by atoms with Gasteiger partial charge in [0.05, 0.1) is 0 Å². The van der Waals surface area contributed by atoms with Crippen LogP contribution >= 0.6 is 23.2 Å². The van der Waals surface area contributed by atoms with Gasteiger partial charge in [0.25, 0.3) is 5.91 Å². The zero-order valence-electron chi connectivity index (χ0n) is 13.0. The lowest BCUT2D eigenvalue weighted by Crippen LogP contribution is -2.33. The van der Waals surface area contributed by atoms with E-state index in [2.05, 4.69) is 5.32 Å². The van der Waals surface area contributed by atoms with Gasteiger partial charge in [-0.1, -0.05) is 12.1 Å². The predicted molar refractivity (Wildman–Crippen MR) is 87.8 cm³/mol. The van der Waals surface area contributed by atoms with Gasteiger partial charge in [-0.25, -0.2) is 0 Å². The Morgan fingerprint density at radius 3 is 2.43 bits per heavy atom. The minimum atomic E-state index is -1.14. The molecule has 0 spiro atoms. The van der Waals surface area contributed by atoms with Gasteiger partial charge in [-0.3, -0.25) is 14.4 Å². The summed E-state index contributed by atoms with van der Waals surface area (Å²) in [6, 6.07) is 6.50. The molecule has 1 N–H and O–H groups in total. The first-order chi connectivity index (χ1) is 10.6. The molecule has 1 aromatic carbocycles. The number of nitrogens with one attached hydrogen (secondary N) is 1. The van der Waals surface area contributed by atoms with Gasteiger partial charge in [-0.15, -0.1) is 23.2 Å². The highest BCUT2D eigenvalue weighted by Crippen LogP contribution is 2.64. The number of esters is 1. The maximum Gasteiger partial charge on any atom is 0.315 e. The molecule has 0 radical (unpaired) electrons. The van der Waals surface area contributed by atoms with E-state index in [1.165, 1.54) is 13.8 Å². The molecule has 0 unspecified atom stereocenters. The number of carbonyl (C=O) groups excluding carboxylic acids is 3. The minimum absolute atomic E-state index is 0.109. The number of carbonyl (C=O) groups is 3. The third kappa shape index (κ3) is 3.67. The molecule has 1 aromatic rings. The van der Waals surface area contributed by atoms with Crippen LogP contribution in [0.4, 0.5) is 5.69 Å². The summed E-state index contributed by atoms with van der Waals surface area (Å²) in [5, 5.41) is 2.60. The fourth-order valence-electron chi connectivity index (χ4n) is 2.03. The van der Waals surface area contributed by atoms with Crippen molar-refractivity contribution in [2.24, 2.45) is 5.41 Å². The summed E-state index contributed by atoms with van der Waals surface area (Å²) in [5.41, 5.74) is -0.0570. The number of Topliss-reactive ketones (excluding diaryl/α,β-unsaturated/α-hetero) is 1. The van der Waals surface area contributed by atoms with Crippen molar-refractivity contribution in [3.05, 3.63) is 29.8 Å². The molecule has 1 fully saturated rings. The van der Waals surface area contributed by atoms with Crippen molar-refractivity contribution < 1.29 is 19.1 Å². The number of rotatable bonds is 5. The van der Waals surface area contributed by atoms with Crippen LogP contribution in [0.5, 0.6) is 0 Å². The summed E-state index contributed by atoms with van der Waals surface area (Å²) in [6.07, 6.45) is -0.721. The van der Waals surface area contributed by atoms with Crippen molar-refractivity contribution in [1.29, 1.82) is 0 Å². The molecule has 1 saturated carbocycles. The van der Waals surface area contributed by atoms with Crippen LogP contribution in [0.15, 0.2) is 24.3 Å². The molecule has 5 nitrogen and oxygen atoms in total. The largest absolute Gasteiger partial charge is 0.452 e. The number of hydrogen-bond acceptors (Lipinski definition) is 4. The van der Waals surface area contributed by atoms with Gasteiger partial charge in [0.1, 0.15) is 9.75 Å². The number of ether oxygens (including phenoxy) is 1. The van der Waals surface area contributed by atoms with Crippen LogP contribution in [0, 0.1) is 5.41 Å². The summed E-state index contributed by atoms with van der Waals surface area (Å²) in [6.45, 7) is 4.49. The molecule has 1 aliphatic carbocycles. The van der Waals surface area contributed by atoms with E-state index < -0.39 is 27.7 Å². The zero-order chi connectivity index (χ0) is 17.4. The molecule has 7 heteroatoms. The lowest BCUT2D eigenvalue weighted by atomic mass is 10.1. The van der Waals surface area contributed by atoms with Crippen LogP contribution in [0.3, 0.4) is 0 Å². The Balaban J connectivity index is 1.97. The second kappa shape index (κ2) is 6.13. The van der Waals surface area contributed by atoms with Crippen LogP contribution in [0.2, 0.25) is 0 Å². The first kappa shape index (κ1) is 17.8. The lowest BCUT2D eigenvalue weighted by Gasteiger charge is -2.17. The van der Waals surface area contributed by atoms with Gasteiger partial charge < -0.3 is 10.1 Å². The zero-order valence-corrected chi connectivity index (χ0v) is 14.5. The molecule has 1 amide bonds. The van der Waals surface area contributed by atoms with Gasteiger partial charge >= 0.3 is 5.97 Å². The molecule has 0 aliphatic heterocycles. The molecule has 0 aromatic heterocycles. The van der Waals surface area contributed by atoms with Crippen molar-refractivity contribution in [1.82, 2.24) is 0 Å². The number of ketones is 1. The van der Waals surface area contributed by atoms with E-state index in [1.54, 1.807) is 31.2 Å². The molecule has 1 aliphatic rings. The standard InChI is InChI=1S/C16H17Cl2NO4/c1-9(20)11-5-4-6-12(7-11)19-13(21)10(2)23-14(22)15(3)8-16(15,17)18/h4-7,10H,8H2,1-3H3,(H,19,21)/t10-,15-/m1/s1. The number of halogens is 2. The molecule has 2 atom stereocenters. The van der Waals surface area contributed by atoms with Crippen molar-refractivity contribution in [3.63, 3.8) is 0 Å². The monoisotopic (exact) mass is 357 g/mol. The summed E-state index contributed by atoms with van der Waals surface area (Å²) in [7, 11) is 0. The second-order valence-corrected chi connectivity index (χ2v) is 7.37. The van der Waals surface area contributed by atoms with Crippen molar-refractivity contribution >= 4 is 46.5 Å². The van der Waals surface area contributed by atoms with Gasteiger partial charge in [-0.2, -0.15) is 0 Å². The average molecular weight is 358 g/mol. The van der Waals surface area contributed by atoms with Crippen LogP contribution in [0.25, 0.3) is 0 Å². The SMILES string of the molecule is CC(=O)c1cccc(NC(=O)[C@@H](C)OC(=O)[C@@]2(C)CC2(Cl)Cl)c1.